The van der Waals surface area contributed by atoms with Gasteiger partial charge in [0, 0.05) is 48.3 Å². The van der Waals surface area contributed by atoms with E-state index in [1.165, 1.54) is 17.1 Å². The van der Waals surface area contributed by atoms with E-state index in [1.54, 1.807) is 31.4 Å². The Hall–Kier alpha value is -5.77. The first-order valence-corrected chi connectivity index (χ1v) is 21.5. The van der Waals surface area contributed by atoms with Gasteiger partial charge >= 0.3 is 6.09 Å². The number of carbonyl (C=O) groups is 5. The van der Waals surface area contributed by atoms with Crippen LogP contribution in [0.4, 0.5) is 4.79 Å². The van der Waals surface area contributed by atoms with E-state index < -0.39 is 68.8 Å². The normalized spacial score (nSPS) is 22.1. The van der Waals surface area contributed by atoms with Gasteiger partial charge in [0.1, 0.15) is 29.2 Å². The predicted octanol–water partition coefficient (Wildman–Crippen LogP) is 5.12. The number of carbonyl (C=O) groups excluding carboxylic acids is 5. The molecule has 1 aromatic heterocycles. The van der Waals surface area contributed by atoms with E-state index in [4.69, 9.17) is 24.9 Å². The number of primary amides is 1. The summed E-state index contributed by atoms with van der Waals surface area (Å²) >= 11 is 0. The molecule has 0 radical (unpaired) electrons. The molecule has 60 heavy (non-hydrogen) atoms. The van der Waals surface area contributed by atoms with Crippen LogP contribution in [0.1, 0.15) is 72.6 Å². The first kappa shape index (κ1) is 43.8. The van der Waals surface area contributed by atoms with E-state index >= 15 is 0 Å². The molecule has 0 spiro atoms. The van der Waals surface area contributed by atoms with Gasteiger partial charge in [-0.1, -0.05) is 62.8 Å². The number of ether oxygens (including phenoxy) is 3. The molecule has 320 valence electrons. The second kappa shape index (κ2) is 17.4. The summed E-state index contributed by atoms with van der Waals surface area (Å²) in [6, 6.07) is 15.2. The Morgan fingerprint density at radius 2 is 1.80 bits per heavy atom. The van der Waals surface area contributed by atoms with Crippen LogP contribution in [0.15, 0.2) is 78.9 Å². The van der Waals surface area contributed by atoms with Crippen molar-refractivity contribution in [3.05, 3.63) is 78.9 Å². The Morgan fingerprint density at radius 1 is 1.08 bits per heavy atom. The average molecular weight is 844 g/mol. The van der Waals surface area contributed by atoms with Crippen molar-refractivity contribution >= 4 is 50.5 Å². The first-order valence-electron chi connectivity index (χ1n) is 20.0. The fourth-order valence-corrected chi connectivity index (χ4v) is 9.16. The van der Waals surface area contributed by atoms with Crippen molar-refractivity contribution in [2.45, 2.75) is 102 Å². The van der Waals surface area contributed by atoms with Crippen LogP contribution in [-0.2, 0) is 33.9 Å². The molecular formula is C44H53N5O10S. The Morgan fingerprint density at radius 3 is 2.42 bits per heavy atom. The third-order valence-electron chi connectivity index (χ3n) is 10.8. The molecule has 4 N–H and O–H groups in total. The van der Waals surface area contributed by atoms with Gasteiger partial charge in [0.2, 0.25) is 15.9 Å². The van der Waals surface area contributed by atoms with Gasteiger partial charge in [0.25, 0.3) is 11.8 Å². The van der Waals surface area contributed by atoms with Crippen LogP contribution in [0.25, 0.3) is 22.2 Å². The number of amides is 4. The number of methoxy groups -OCH3 is 1. The minimum absolute atomic E-state index is 0.0617. The van der Waals surface area contributed by atoms with Crippen LogP contribution >= 0.6 is 0 Å². The van der Waals surface area contributed by atoms with E-state index in [2.05, 4.69) is 16.6 Å². The Kier molecular flexibility index (Phi) is 12.7. The van der Waals surface area contributed by atoms with Gasteiger partial charge in [-0.2, -0.15) is 0 Å². The third-order valence-corrected chi connectivity index (χ3v) is 12.7. The van der Waals surface area contributed by atoms with E-state index in [1.807, 2.05) is 58.0 Å². The number of hydrogen-bond acceptors (Lipinski definition) is 11. The average Bonchev–Trinajstić information content (AvgIpc) is 4.12. The zero-order valence-corrected chi connectivity index (χ0v) is 35.4. The molecular weight excluding hydrogens is 791 g/mol. The lowest BCUT2D eigenvalue weighted by Crippen LogP contribution is -2.57. The van der Waals surface area contributed by atoms with Crippen LogP contribution < -0.4 is 25.2 Å². The predicted molar refractivity (Wildman–Crippen MR) is 224 cm³/mol. The van der Waals surface area contributed by atoms with E-state index in [-0.39, 0.29) is 43.4 Å². The molecule has 3 fully saturated rings. The molecule has 0 bridgehead atoms. The molecule has 2 aliphatic carbocycles. The van der Waals surface area contributed by atoms with E-state index in [9.17, 15) is 32.4 Å². The minimum Gasteiger partial charge on any atom is -0.497 e. The van der Waals surface area contributed by atoms with Crippen molar-refractivity contribution in [3.8, 4) is 22.8 Å². The molecule has 1 aliphatic heterocycles. The van der Waals surface area contributed by atoms with Crippen LogP contribution in [0.3, 0.4) is 0 Å². The van der Waals surface area contributed by atoms with Crippen molar-refractivity contribution in [1.82, 2.24) is 19.9 Å². The lowest BCUT2D eigenvalue weighted by molar-refractivity contribution is -0.146. The summed E-state index contributed by atoms with van der Waals surface area (Å²) in [5.41, 5.74) is 6.55. The first-order chi connectivity index (χ1) is 28.3. The molecule has 2 aromatic carbocycles. The molecule has 3 aromatic rings. The minimum atomic E-state index is -3.96. The molecule has 15 nitrogen and oxygen atoms in total. The number of likely N-dealkylation sites (tertiary alicyclic amines) is 1. The van der Waals surface area contributed by atoms with Gasteiger partial charge in [-0.3, -0.25) is 23.9 Å². The standard InChI is InChI=1S/C44H53N5O10S/c1-7-28-24-44(28,41(53)48-60(55,56)32-15-16-32)47-39(51)36-21-31(25-49(36)40(52)37(59-42(45)54)18-13-29(50)19-26(2)23-43(3,4)5)58-38-22-34(27-11-9-8-10-12-27)46-35-20-30(57-6)14-17-33(35)38/h7-12,14,17,19-20,22,28,31-32,36-37H,1,13,15-16,18,21,23-25H2,2-6H3,(H2,45,54)(H,47,51)(H,48,53)/t28-,31-,36+,37+,44-/m1/s1. The number of nitrogens with two attached hydrogens (primary N) is 1. The highest BCUT2D eigenvalue weighted by Crippen LogP contribution is 2.46. The van der Waals surface area contributed by atoms with Gasteiger partial charge in [-0.05, 0) is 56.2 Å². The lowest BCUT2D eigenvalue weighted by Gasteiger charge is -2.29. The quantitative estimate of drug-likeness (QED) is 0.120. The topological polar surface area (TPSA) is 213 Å². The third kappa shape index (κ3) is 10.3. The molecule has 2 heterocycles. The lowest BCUT2D eigenvalue weighted by atomic mass is 9.88. The summed E-state index contributed by atoms with van der Waals surface area (Å²) < 4.78 is 45.1. The number of hydrogen-bond donors (Lipinski definition) is 3. The number of allylic oxidation sites excluding steroid dienone is 2. The van der Waals surface area contributed by atoms with Crippen LogP contribution in [0, 0.1) is 11.3 Å². The maximum absolute atomic E-state index is 14.5. The number of sulfonamides is 1. The number of nitrogens with one attached hydrogen (secondary N) is 2. The summed E-state index contributed by atoms with van der Waals surface area (Å²) in [6.45, 7) is 11.6. The summed E-state index contributed by atoms with van der Waals surface area (Å²) in [7, 11) is -2.41. The van der Waals surface area contributed by atoms with Gasteiger partial charge < -0.3 is 30.2 Å². The van der Waals surface area contributed by atoms with Crippen LogP contribution in [0.5, 0.6) is 11.5 Å². The number of nitrogens with zero attached hydrogens (tertiary/aromatic N) is 2. The fourth-order valence-electron chi connectivity index (χ4n) is 7.80. The second-order valence-electron chi connectivity index (χ2n) is 17.1. The SMILES string of the molecule is C=C[C@@H]1C[C@]1(NC(=O)[C@@H]1C[C@@H](Oc2cc(-c3ccccc3)nc3cc(OC)ccc23)CN1C(=O)[C@H](CCC(=O)C=C(C)CC(C)(C)C)OC(N)=O)C(=O)NS(=O)(=O)C1CC1. The van der Waals surface area contributed by atoms with Gasteiger partial charge in [-0.25, -0.2) is 18.2 Å². The second-order valence-corrected chi connectivity index (χ2v) is 19.0. The molecule has 0 unspecified atom stereocenters. The number of rotatable bonds is 17. The molecule has 6 rings (SSSR count). The fraction of sp³-hybridized carbons (Fsp3) is 0.455. The largest absolute Gasteiger partial charge is 0.497 e. The van der Waals surface area contributed by atoms with Crippen molar-refractivity contribution in [3.63, 3.8) is 0 Å². The zero-order valence-electron chi connectivity index (χ0n) is 34.6. The van der Waals surface area contributed by atoms with Gasteiger partial charge in [0.15, 0.2) is 11.9 Å². The van der Waals surface area contributed by atoms with Crippen LogP contribution in [-0.4, -0.2) is 90.6 Å². The number of pyridine rings is 1. The van der Waals surface area contributed by atoms with Gasteiger partial charge in [-0.15, -0.1) is 6.58 Å². The molecule has 4 amide bonds. The van der Waals surface area contributed by atoms with Crippen molar-refractivity contribution < 1.29 is 46.6 Å². The van der Waals surface area contributed by atoms with Gasteiger partial charge in [0.05, 0.1) is 30.1 Å². The summed E-state index contributed by atoms with van der Waals surface area (Å²) in [5, 5.41) is 2.69. The monoisotopic (exact) mass is 843 g/mol. The smallest absolute Gasteiger partial charge is 0.405 e. The van der Waals surface area contributed by atoms with E-state index in [0.717, 1.165) is 11.1 Å². The summed E-state index contributed by atoms with van der Waals surface area (Å²) in [4.78, 5) is 73.7. The highest BCUT2D eigenvalue weighted by molar-refractivity contribution is 7.91. The van der Waals surface area contributed by atoms with E-state index in [0.29, 0.717) is 47.4 Å². The summed E-state index contributed by atoms with van der Waals surface area (Å²) in [5.74, 6) is -2.36. The zero-order chi connectivity index (χ0) is 43.6. The highest BCUT2D eigenvalue weighted by Gasteiger charge is 2.62. The number of benzene rings is 2. The molecule has 2 saturated carbocycles. The van der Waals surface area contributed by atoms with Crippen LogP contribution in [0.2, 0.25) is 0 Å². The molecule has 3 aliphatic rings. The highest BCUT2D eigenvalue weighted by atomic mass is 32.2. The van der Waals surface area contributed by atoms with Crippen molar-refractivity contribution in [2.75, 3.05) is 13.7 Å². The van der Waals surface area contributed by atoms with Crippen molar-refractivity contribution in [2.24, 2.45) is 17.1 Å². The summed E-state index contributed by atoms with van der Waals surface area (Å²) in [6.07, 6.45) is 0.483. The Labute approximate surface area is 350 Å². The Balaban J connectivity index is 1.31. The maximum atomic E-state index is 14.5. The number of ketones is 1. The molecule has 5 atom stereocenters. The number of aromatic nitrogens is 1. The number of fused-ring (bicyclic) bond motifs is 1. The molecule has 16 heteroatoms. The Bertz CT molecular complexity index is 2320. The van der Waals surface area contributed by atoms with Crippen molar-refractivity contribution in [1.29, 1.82) is 0 Å². The maximum Gasteiger partial charge on any atom is 0.405 e. The molecule has 1 saturated heterocycles.